The van der Waals surface area contributed by atoms with Crippen LogP contribution in [-0.2, 0) is 4.79 Å². The first kappa shape index (κ1) is 8.05. The summed E-state index contributed by atoms with van der Waals surface area (Å²) in [5, 5.41) is 0. The zero-order chi connectivity index (χ0) is 8.10. The van der Waals surface area contributed by atoms with Crippen molar-refractivity contribution in [3.63, 3.8) is 0 Å². The van der Waals surface area contributed by atoms with Crippen molar-refractivity contribution in [2.75, 3.05) is 13.1 Å². The lowest BCUT2D eigenvalue weighted by atomic mass is 10.3. The highest BCUT2D eigenvalue weighted by atomic mass is 16.2. The molecular weight excluding hydrogens is 138 g/mol. The third kappa shape index (κ3) is 2.22. The van der Waals surface area contributed by atoms with Crippen LogP contribution in [0.4, 0.5) is 0 Å². The van der Waals surface area contributed by atoms with Gasteiger partial charge in [0.15, 0.2) is 0 Å². The molecule has 0 aromatic rings. The Morgan fingerprint density at radius 2 is 2.18 bits per heavy atom. The standard InChI is InChI=1S/C9H13NO/c1-2-3-6-9(11)10-7-4-5-8-10/h2,4-5H,1,3,6-8H2. The molecule has 1 heterocycles. The molecular formula is C9H13NO. The average Bonchev–Trinajstić information content (AvgIpc) is 2.52. The van der Waals surface area contributed by atoms with Crippen LogP contribution in [-0.4, -0.2) is 23.9 Å². The van der Waals surface area contributed by atoms with Gasteiger partial charge in [-0.15, -0.1) is 6.58 Å². The van der Waals surface area contributed by atoms with E-state index in [0.29, 0.717) is 6.42 Å². The summed E-state index contributed by atoms with van der Waals surface area (Å²) in [6.07, 6.45) is 7.21. The van der Waals surface area contributed by atoms with Gasteiger partial charge in [0.2, 0.25) is 5.91 Å². The Bertz CT molecular complexity index is 176. The summed E-state index contributed by atoms with van der Waals surface area (Å²) in [7, 11) is 0. The molecule has 0 unspecified atom stereocenters. The summed E-state index contributed by atoms with van der Waals surface area (Å²) in [5.74, 6) is 0.231. The molecule has 0 N–H and O–H groups in total. The molecule has 60 valence electrons. The lowest BCUT2D eigenvalue weighted by molar-refractivity contribution is -0.129. The second-order valence-electron chi connectivity index (χ2n) is 2.60. The number of hydrogen-bond donors (Lipinski definition) is 0. The fourth-order valence-electron chi connectivity index (χ4n) is 1.07. The van der Waals surface area contributed by atoms with Gasteiger partial charge in [-0.05, 0) is 6.42 Å². The van der Waals surface area contributed by atoms with Crippen LogP contribution in [0.3, 0.4) is 0 Å². The van der Waals surface area contributed by atoms with E-state index in [4.69, 9.17) is 0 Å². The van der Waals surface area contributed by atoms with Gasteiger partial charge in [-0.25, -0.2) is 0 Å². The van der Waals surface area contributed by atoms with Gasteiger partial charge in [0, 0.05) is 19.5 Å². The molecule has 1 aliphatic rings. The molecule has 0 radical (unpaired) electrons. The lowest BCUT2D eigenvalue weighted by Crippen LogP contribution is -2.27. The minimum absolute atomic E-state index is 0.231. The highest BCUT2D eigenvalue weighted by Crippen LogP contribution is 2.03. The highest BCUT2D eigenvalue weighted by Gasteiger charge is 2.11. The van der Waals surface area contributed by atoms with E-state index in [-0.39, 0.29) is 5.91 Å². The second kappa shape index (κ2) is 3.96. The van der Waals surface area contributed by atoms with Crippen molar-refractivity contribution in [3.05, 3.63) is 24.8 Å². The zero-order valence-corrected chi connectivity index (χ0v) is 6.62. The van der Waals surface area contributed by atoms with Crippen LogP contribution >= 0.6 is 0 Å². The number of hydrogen-bond acceptors (Lipinski definition) is 1. The quantitative estimate of drug-likeness (QED) is 0.557. The molecule has 0 fully saturated rings. The van der Waals surface area contributed by atoms with Crippen LogP contribution in [0.25, 0.3) is 0 Å². The third-order valence-corrected chi connectivity index (χ3v) is 1.73. The Balaban J connectivity index is 2.24. The molecule has 0 bridgehead atoms. The van der Waals surface area contributed by atoms with Crippen molar-refractivity contribution in [3.8, 4) is 0 Å². The van der Waals surface area contributed by atoms with Crippen LogP contribution in [0.15, 0.2) is 24.8 Å². The molecule has 0 saturated heterocycles. The largest absolute Gasteiger partial charge is 0.335 e. The SMILES string of the molecule is C=CCCC(=O)N1CC=CC1. The second-order valence-corrected chi connectivity index (χ2v) is 2.60. The Morgan fingerprint density at radius 1 is 1.55 bits per heavy atom. The maximum Gasteiger partial charge on any atom is 0.223 e. The van der Waals surface area contributed by atoms with Crippen molar-refractivity contribution in [2.24, 2.45) is 0 Å². The monoisotopic (exact) mass is 151 g/mol. The van der Waals surface area contributed by atoms with Crippen LogP contribution in [0, 0.1) is 0 Å². The molecule has 0 aliphatic carbocycles. The predicted molar refractivity (Wildman–Crippen MR) is 45.2 cm³/mol. The van der Waals surface area contributed by atoms with Crippen LogP contribution in [0.1, 0.15) is 12.8 Å². The predicted octanol–water partition coefficient (Wildman–Crippen LogP) is 1.35. The molecule has 1 aliphatic heterocycles. The minimum Gasteiger partial charge on any atom is -0.335 e. The van der Waals surface area contributed by atoms with Gasteiger partial charge in [-0.2, -0.15) is 0 Å². The number of carbonyl (C=O) groups excluding carboxylic acids is 1. The first-order chi connectivity index (χ1) is 5.34. The summed E-state index contributed by atoms with van der Waals surface area (Å²) in [6, 6.07) is 0. The minimum atomic E-state index is 0.231. The van der Waals surface area contributed by atoms with Gasteiger partial charge >= 0.3 is 0 Å². The van der Waals surface area contributed by atoms with Gasteiger partial charge < -0.3 is 4.90 Å². The third-order valence-electron chi connectivity index (χ3n) is 1.73. The van der Waals surface area contributed by atoms with Gasteiger partial charge in [0.1, 0.15) is 0 Å². The number of allylic oxidation sites excluding steroid dienone is 1. The first-order valence-electron chi connectivity index (χ1n) is 3.88. The maximum absolute atomic E-state index is 11.2. The van der Waals surface area contributed by atoms with Crippen LogP contribution in [0.5, 0.6) is 0 Å². The van der Waals surface area contributed by atoms with Crippen molar-refractivity contribution in [1.29, 1.82) is 0 Å². The average molecular weight is 151 g/mol. The molecule has 0 saturated carbocycles. The first-order valence-corrected chi connectivity index (χ1v) is 3.88. The Morgan fingerprint density at radius 3 is 2.73 bits per heavy atom. The summed E-state index contributed by atoms with van der Waals surface area (Å²) in [6.45, 7) is 5.15. The molecule has 1 rings (SSSR count). The molecule has 0 aromatic carbocycles. The Kier molecular flexibility index (Phi) is 2.90. The van der Waals surface area contributed by atoms with Crippen molar-refractivity contribution < 1.29 is 4.79 Å². The van der Waals surface area contributed by atoms with E-state index in [0.717, 1.165) is 19.5 Å². The van der Waals surface area contributed by atoms with Gasteiger partial charge in [0.25, 0.3) is 0 Å². The molecule has 2 nitrogen and oxygen atoms in total. The fourth-order valence-corrected chi connectivity index (χ4v) is 1.07. The summed E-state index contributed by atoms with van der Waals surface area (Å²) in [4.78, 5) is 13.1. The number of carbonyl (C=O) groups is 1. The van der Waals surface area contributed by atoms with Gasteiger partial charge in [-0.3, -0.25) is 4.79 Å². The van der Waals surface area contributed by atoms with Crippen molar-refractivity contribution in [1.82, 2.24) is 4.90 Å². The molecule has 1 amide bonds. The summed E-state index contributed by atoms with van der Waals surface area (Å²) >= 11 is 0. The van der Waals surface area contributed by atoms with E-state index in [1.165, 1.54) is 0 Å². The normalized spacial score (nSPS) is 15.5. The molecule has 0 atom stereocenters. The van der Waals surface area contributed by atoms with Crippen molar-refractivity contribution >= 4 is 5.91 Å². The summed E-state index contributed by atoms with van der Waals surface area (Å²) in [5.41, 5.74) is 0. The molecule has 0 aromatic heterocycles. The number of nitrogens with zero attached hydrogens (tertiary/aromatic N) is 1. The van der Waals surface area contributed by atoms with Crippen LogP contribution < -0.4 is 0 Å². The van der Waals surface area contributed by atoms with E-state index in [1.807, 2.05) is 17.1 Å². The Labute approximate surface area is 67.2 Å². The lowest BCUT2D eigenvalue weighted by Gasteiger charge is -2.13. The van der Waals surface area contributed by atoms with E-state index >= 15 is 0 Å². The Hall–Kier alpha value is -1.05. The van der Waals surface area contributed by atoms with E-state index in [1.54, 1.807) is 6.08 Å². The topological polar surface area (TPSA) is 20.3 Å². The van der Waals surface area contributed by atoms with Gasteiger partial charge in [0.05, 0.1) is 0 Å². The molecule has 0 spiro atoms. The maximum atomic E-state index is 11.2. The molecule has 2 heteroatoms. The summed E-state index contributed by atoms with van der Waals surface area (Å²) < 4.78 is 0. The highest BCUT2D eigenvalue weighted by molar-refractivity contribution is 5.77. The van der Waals surface area contributed by atoms with E-state index in [2.05, 4.69) is 6.58 Å². The van der Waals surface area contributed by atoms with Gasteiger partial charge in [-0.1, -0.05) is 18.2 Å². The number of rotatable bonds is 3. The van der Waals surface area contributed by atoms with E-state index in [9.17, 15) is 4.79 Å². The van der Waals surface area contributed by atoms with E-state index < -0.39 is 0 Å². The molecule has 11 heavy (non-hydrogen) atoms. The fraction of sp³-hybridized carbons (Fsp3) is 0.444. The zero-order valence-electron chi connectivity index (χ0n) is 6.62. The number of amides is 1. The van der Waals surface area contributed by atoms with Crippen LogP contribution in [0.2, 0.25) is 0 Å². The smallest absolute Gasteiger partial charge is 0.223 e. The van der Waals surface area contributed by atoms with Crippen molar-refractivity contribution in [2.45, 2.75) is 12.8 Å².